The lowest BCUT2D eigenvalue weighted by atomic mass is 10.1. The number of carbonyl (C=O) groups is 1. The van der Waals surface area contributed by atoms with Gasteiger partial charge in [-0.2, -0.15) is 0 Å². The highest BCUT2D eigenvalue weighted by Gasteiger charge is 2.49. The summed E-state index contributed by atoms with van der Waals surface area (Å²) < 4.78 is 22.4. The van der Waals surface area contributed by atoms with Crippen molar-refractivity contribution in [2.75, 3.05) is 0 Å². The van der Waals surface area contributed by atoms with E-state index < -0.39 is 8.87 Å². The molecule has 11 heavy (non-hydrogen) atoms. The Balaban J connectivity index is 2.42. The van der Waals surface area contributed by atoms with Gasteiger partial charge in [-0.15, -0.1) is 0 Å². The molecule has 1 aliphatic carbocycles. The minimum absolute atomic E-state index is 0.132. The predicted octanol–water partition coefficient (Wildman–Crippen LogP) is 0.758. The molecule has 5 heteroatoms. The molecule has 0 aromatic rings. The second-order valence-electron chi connectivity index (χ2n) is 2.97. The lowest BCUT2D eigenvalue weighted by Gasteiger charge is -2.01. The van der Waals surface area contributed by atoms with Crippen molar-refractivity contribution in [3.63, 3.8) is 0 Å². The molecule has 62 valence electrons. The molecule has 1 heterocycles. The Morgan fingerprint density at radius 2 is 2.09 bits per heavy atom. The summed E-state index contributed by atoms with van der Waals surface area (Å²) in [6.07, 6.45) is 2.35. The van der Waals surface area contributed by atoms with E-state index in [0.29, 0.717) is 17.2 Å². The molecule has 2 fully saturated rings. The lowest BCUT2D eigenvalue weighted by molar-refractivity contribution is -0.113. The van der Waals surface area contributed by atoms with Crippen molar-refractivity contribution < 1.29 is 13.2 Å². The van der Waals surface area contributed by atoms with Crippen molar-refractivity contribution in [2.45, 2.75) is 24.5 Å². The Labute approximate surface area is 68.9 Å². The molecule has 0 bridgehead atoms. The van der Waals surface area contributed by atoms with Gasteiger partial charge in [-0.1, -0.05) is 6.42 Å². The topological polar surface area (TPSA) is 51.2 Å². The number of fused-ring (bicyclic) bond motifs is 1. The van der Waals surface area contributed by atoms with Crippen LogP contribution in [0.2, 0.25) is 0 Å². The quantitative estimate of drug-likeness (QED) is 0.532. The molecule has 0 spiro atoms. The van der Waals surface area contributed by atoms with Gasteiger partial charge in [0.1, 0.15) is 0 Å². The molecular weight excluding hydrogens is 184 g/mol. The Kier molecular flexibility index (Phi) is 1.54. The molecule has 2 atom stereocenters. The summed E-state index contributed by atoms with van der Waals surface area (Å²) >= 11 is 0. The maximum Gasteiger partial charge on any atom is 0.212 e. The van der Waals surface area contributed by atoms with Crippen molar-refractivity contribution >= 4 is 24.8 Å². The summed E-state index contributed by atoms with van der Waals surface area (Å²) in [5.41, 5.74) is 0. The van der Waals surface area contributed by atoms with Gasteiger partial charge in [0.15, 0.2) is 0 Å². The van der Waals surface area contributed by atoms with Crippen molar-refractivity contribution in [3.05, 3.63) is 0 Å². The molecule has 2 aliphatic rings. The standard InChI is InChI=1S/C6H8O3S2/c7-6-4-2-1-3-5(4)11(8,9)10-6/h4-5H,1-3H2. The van der Waals surface area contributed by atoms with Crippen LogP contribution >= 0.6 is 10.8 Å². The number of hydrogen-bond acceptors (Lipinski definition) is 4. The highest BCUT2D eigenvalue weighted by atomic mass is 33.1. The van der Waals surface area contributed by atoms with Gasteiger partial charge in [0, 0.05) is 16.7 Å². The summed E-state index contributed by atoms with van der Waals surface area (Å²) in [5, 5.41) is -0.479. The molecule has 1 saturated carbocycles. The van der Waals surface area contributed by atoms with Crippen LogP contribution in [0.4, 0.5) is 0 Å². The smallest absolute Gasteiger partial charge is 0.212 e. The third kappa shape index (κ3) is 1.02. The average Bonchev–Trinajstić information content (AvgIpc) is 2.37. The molecule has 3 nitrogen and oxygen atoms in total. The van der Waals surface area contributed by atoms with Gasteiger partial charge in [-0.3, -0.25) is 4.79 Å². The number of rotatable bonds is 0. The van der Waals surface area contributed by atoms with Gasteiger partial charge < -0.3 is 0 Å². The summed E-state index contributed by atoms with van der Waals surface area (Å²) in [7, 11) is -2.56. The first-order chi connectivity index (χ1) is 5.11. The zero-order valence-electron chi connectivity index (χ0n) is 5.82. The molecule has 0 aromatic carbocycles. The molecule has 0 aromatic heterocycles. The van der Waals surface area contributed by atoms with Crippen molar-refractivity contribution in [1.29, 1.82) is 0 Å². The first-order valence-electron chi connectivity index (χ1n) is 3.58. The lowest BCUT2D eigenvalue weighted by Crippen LogP contribution is -2.16. The number of carbonyl (C=O) groups excluding carboxylic acids is 1. The molecule has 0 N–H and O–H groups in total. The maximum atomic E-state index is 11.2. The Hall–Kier alpha value is -0.0300. The number of hydrogen-bond donors (Lipinski definition) is 0. The fraction of sp³-hybridized carbons (Fsp3) is 0.833. The molecule has 2 rings (SSSR count). The largest absolute Gasteiger partial charge is 0.286 e. The third-order valence-electron chi connectivity index (χ3n) is 2.32. The second-order valence-corrected chi connectivity index (χ2v) is 7.02. The van der Waals surface area contributed by atoms with Crippen LogP contribution in [0.3, 0.4) is 0 Å². The molecule has 0 amide bonds. The van der Waals surface area contributed by atoms with E-state index in [1.807, 2.05) is 0 Å². The van der Waals surface area contributed by atoms with E-state index in [1.165, 1.54) is 0 Å². The first kappa shape index (κ1) is 7.61. The Bertz CT molecular complexity index is 293. The van der Waals surface area contributed by atoms with Crippen LogP contribution < -0.4 is 0 Å². The molecule has 0 radical (unpaired) electrons. The van der Waals surface area contributed by atoms with Crippen LogP contribution in [0.1, 0.15) is 19.3 Å². The summed E-state index contributed by atoms with van der Waals surface area (Å²) in [6, 6.07) is 0. The van der Waals surface area contributed by atoms with Crippen LogP contribution in [-0.4, -0.2) is 18.8 Å². The SMILES string of the molecule is O=C1SS(=O)(=O)C2CCCC12. The van der Waals surface area contributed by atoms with E-state index in [-0.39, 0.29) is 16.3 Å². The van der Waals surface area contributed by atoms with E-state index in [0.717, 1.165) is 12.8 Å². The molecular formula is C6H8O3S2. The average molecular weight is 192 g/mol. The highest BCUT2D eigenvalue weighted by Crippen LogP contribution is 2.45. The Morgan fingerprint density at radius 1 is 1.36 bits per heavy atom. The normalized spacial score (nSPS) is 40.9. The third-order valence-corrected chi connectivity index (χ3v) is 6.26. The molecule has 1 saturated heterocycles. The predicted molar refractivity (Wildman–Crippen MR) is 42.6 cm³/mol. The minimum Gasteiger partial charge on any atom is -0.286 e. The minimum atomic E-state index is -3.11. The van der Waals surface area contributed by atoms with Crippen molar-refractivity contribution in [1.82, 2.24) is 0 Å². The van der Waals surface area contributed by atoms with E-state index >= 15 is 0 Å². The highest BCUT2D eigenvalue weighted by molar-refractivity contribution is 8.78. The van der Waals surface area contributed by atoms with Gasteiger partial charge in [0.25, 0.3) is 0 Å². The molecule has 1 aliphatic heterocycles. The fourth-order valence-corrected chi connectivity index (χ4v) is 5.86. The van der Waals surface area contributed by atoms with Crippen LogP contribution in [0.5, 0.6) is 0 Å². The van der Waals surface area contributed by atoms with Crippen molar-refractivity contribution in [3.8, 4) is 0 Å². The van der Waals surface area contributed by atoms with Gasteiger partial charge in [-0.25, -0.2) is 8.42 Å². The van der Waals surface area contributed by atoms with Crippen LogP contribution in [0, 0.1) is 5.92 Å². The summed E-state index contributed by atoms with van der Waals surface area (Å²) in [5.74, 6) is -0.176. The van der Waals surface area contributed by atoms with Gasteiger partial charge in [-0.05, 0) is 12.8 Å². The Morgan fingerprint density at radius 3 is 2.73 bits per heavy atom. The van der Waals surface area contributed by atoms with Gasteiger partial charge >= 0.3 is 0 Å². The maximum absolute atomic E-state index is 11.2. The fourth-order valence-electron chi connectivity index (χ4n) is 1.78. The van der Waals surface area contributed by atoms with E-state index in [2.05, 4.69) is 0 Å². The van der Waals surface area contributed by atoms with Crippen molar-refractivity contribution in [2.24, 2.45) is 5.92 Å². The zero-order chi connectivity index (χ0) is 8.06. The monoisotopic (exact) mass is 192 g/mol. The first-order valence-corrected chi connectivity index (χ1v) is 6.46. The molecule has 2 unspecified atom stereocenters. The van der Waals surface area contributed by atoms with Crippen LogP contribution in [0.15, 0.2) is 0 Å². The summed E-state index contributed by atoms with van der Waals surface area (Å²) in [6.45, 7) is 0. The van der Waals surface area contributed by atoms with E-state index in [9.17, 15) is 13.2 Å². The van der Waals surface area contributed by atoms with Crippen LogP contribution in [-0.2, 0) is 13.7 Å². The summed E-state index contributed by atoms with van der Waals surface area (Å²) in [4.78, 5) is 11.1. The second kappa shape index (κ2) is 2.23. The van der Waals surface area contributed by atoms with Crippen LogP contribution in [0.25, 0.3) is 0 Å². The van der Waals surface area contributed by atoms with E-state index in [4.69, 9.17) is 0 Å². The zero-order valence-corrected chi connectivity index (χ0v) is 7.45. The van der Waals surface area contributed by atoms with Gasteiger partial charge in [0.2, 0.25) is 14.0 Å². The van der Waals surface area contributed by atoms with Gasteiger partial charge in [0.05, 0.1) is 5.25 Å². The van der Waals surface area contributed by atoms with E-state index in [1.54, 1.807) is 0 Å².